The zero-order valence-electron chi connectivity index (χ0n) is 12.6. The number of furan rings is 1. The third-order valence-electron chi connectivity index (χ3n) is 4.02. The maximum atomic E-state index is 5.84. The fraction of sp³-hybridized carbons (Fsp3) is 0.562. The van der Waals surface area contributed by atoms with Crippen LogP contribution < -0.4 is 5.32 Å². The highest BCUT2D eigenvalue weighted by Crippen LogP contribution is 2.44. The largest absolute Gasteiger partial charge is 0.459 e. The molecule has 2 aromatic rings. The number of fused-ring (bicyclic) bond motifs is 1. The van der Waals surface area contributed by atoms with Gasteiger partial charge in [0.05, 0.1) is 5.69 Å². The minimum atomic E-state index is 0.309. The van der Waals surface area contributed by atoms with Gasteiger partial charge in [-0.25, -0.2) is 4.98 Å². The zero-order valence-corrected chi connectivity index (χ0v) is 13.4. The van der Waals surface area contributed by atoms with Gasteiger partial charge in [-0.2, -0.15) is 0 Å². The molecule has 0 spiro atoms. The van der Waals surface area contributed by atoms with Crippen molar-refractivity contribution < 1.29 is 4.42 Å². The minimum Gasteiger partial charge on any atom is -0.459 e. The van der Waals surface area contributed by atoms with Crippen LogP contribution in [-0.2, 0) is 12.8 Å². The summed E-state index contributed by atoms with van der Waals surface area (Å²) in [7, 11) is 2.04. The van der Waals surface area contributed by atoms with Gasteiger partial charge >= 0.3 is 0 Å². The number of hydrogen-bond acceptors (Lipinski definition) is 4. The van der Waals surface area contributed by atoms with Crippen LogP contribution in [0.2, 0.25) is 0 Å². The second kappa shape index (κ2) is 5.01. The summed E-state index contributed by atoms with van der Waals surface area (Å²) in [5, 5.41) is 4.46. The number of nitrogens with zero attached hydrogens (tertiary/aromatic N) is 1. The molecular formula is C16H22N2OS. The molecule has 1 unspecified atom stereocenters. The molecule has 20 heavy (non-hydrogen) atoms. The van der Waals surface area contributed by atoms with Crippen LogP contribution in [-0.4, -0.2) is 12.0 Å². The molecule has 0 aromatic carbocycles. The molecule has 0 aliphatic heterocycles. The van der Waals surface area contributed by atoms with Crippen molar-refractivity contribution in [3.63, 3.8) is 0 Å². The summed E-state index contributed by atoms with van der Waals surface area (Å²) in [6, 6.07) is 4.51. The second-order valence-electron chi connectivity index (χ2n) is 6.34. The van der Waals surface area contributed by atoms with Crippen molar-refractivity contribution in [1.82, 2.24) is 10.3 Å². The van der Waals surface area contributed by atoms with E-state index in [0.29, 0.717) is 11.5 Å². The number of aryl methyl sites for hydroxylation is 1. The van der Waals surface area contributed by atoms with Gasteiger partial charge in [0, 0.05) is 17.3 Å². The Hall–Kier alpha value is -1.13. The molecule has 0 radical (unpaired) electrons. The first kappa shape index (κ1) is 13.8. The van der Waals surface area contributed by atoms with Crippen LogP contribution in [0.15, 0.2) is 16.5 Å². The van der Waals surface area contributed by atoms with Crippen LogP contribution in [0.1, 0.15) is 49.6 Å². The van der Waals surface area contributed by atoms with Crippen LogP contribution in [0, 0.1) is 5.41 Å². The lowest BCUT2D eigenvalue weighted by atomic mass is 9.76. The van der Waals surface area contributed by atoms with Crippen LogP contribution in [0.25, 0.3) is 10.8 Å². The van der Waals surface area contributed by atoms with E-state index in [1.54, 1.807) is 11.3 Å². The highest BCUT2D eigenvalue weighted by Gasteiger charge is 2.34. The molecule has 1 aliphatic carbocycles. The van der Waals surface area contributed by atoms with E-state index in [2.05, 4.69) is 32.2 Å². The van der Waals surface area contributed by atoms with Crippen molar-refractivity contribution in [2.45, 2.75) is 46.1 Å². The number of rotatable bonds is 3. The molecule has 0 amide bonds. The Kier molecular flexibility index (Phi) is 3.46. The molecule has 1 N–H and O–H groups in total. The Balaban J connectivity index is 1.99. The van der Waals surface area contributed by atoms with Crippen molar-refractivity contribution >= 4 is 11.3 Å². The van der Waals surface area contributed by atoms with E-state index < -0.39 is 0 Å². The van der Waals surface area contributed by atoms with E-state index in [0.717, 1.165) is 35.8 Å². The van der Waals surface area contributed by atoms with Crippen LogP contribution in [0.3, 0.4) is 0 Å². The first-order valence-corrected chi connectivity index (χ1v) is 8.10. The average Bonchev–Trinajstić information content (AvgIpc) is 3.01. The monoisotopic (exact) mass is 290 g/mol. The SMILES string of the molecule is CCc1ccc(-c2nc3c(s2)C(NC)CC(C)(C)C3)o1. The first-order valence-electron chi connectivity index (χ1n) is 7.28. The van der Waals surface area contributed by atoms with Gasteiger partial charge in [-0.15, -0.1) is 11.3 Å². The lowest BCUT2D eigenvalue weighted by molar-refractivity contribution is 0.265. The molecule has 1 aliphatic rings. The zero-order chi connectivity index (χ0) is 14.3. The summed E-state index contributed by atoms with van der Waals surface area (Å²) in [4.78, 5) is 6.23. The molecule has 1 atom stereocenters. The van der Waals surface area contributed by atoms with Crippen molar-refractivity contribution in [2.24, 2.45) is 5.41 Å². The fourth-order valence-electron chi connectivity index (χ4n) is 2.95. The predicted molar refractivity (Wildman–Crippen MR) is 83.1 cm³/mol. The third kappa shape index (κ3) is 2.42. The Morgan fingerprint density at radius 1 is 1.45 bits per heavy atom. The predicted octanol–water partition coefficient (Wildman–Crippen LogP) is 4.20. The van der Waals surface area contributed by atoms with Crippen molar-refractivity contribution in [1.29, 1.82) is 0 Å². The maximum Gasteiger partial charge on any atom is 0.162 e. The van der Waals surface area contributed by atoms with Crippen LogP contribution in [0.5, 0.6) is 0 Å². The lowest BCUT2D eigenvalue weighted by Gasteiger charge is -2.34. The summed E-state index contributed by atoms with van der Waals surface area (Å²) in [5.74, 6) is 1.94. The van der Waals surface area contributed by atoms with E-state index in [-0.39, 0.29) is 0 Å². The highest BCUT2D eigenvalue weighted by atomic mass is 32.1. The number of hydrogen-bond donors (Lipinski definition) is 1. The average molecular weight is 290 g/mol. The maximum absolute atomic E-state index is 5.84. The molecule has 2 heterocycles. The van der Waals surface area contributed by atoms with Gasteiger partial charge in [-0.05, 0) is 37.4 Å². The van der Waals surface area contributed by atoms with Gasteiger partial charge in [0.15, 0.2) is 10.8 Å². The van der Waals surface area contributed by atoms with Gasteiger partial charge in [0.1, 0.15) is 5.76 Å². The van der Waals surface area contributed by atoms with Crippen molar-refractivity contribution in [3.05, 3.63) is 28.5 Å². The normalized spacial score (nSPS) is 20.9. The second-order valence-corrected chi connectivity index (χ2v) is 7.37. The molecule has 0 saturated carbocycles. The van der Waals surface area contributed by atoms with Gasteiger partial charge in [0.25, 0.3) is 0 Å². The first-order chi connectivity index (χ1) is 9.52. The van der Waals surface area contributed by atoms with Crippen LogP contribution >= 0.6 is 11.3 Å². The van der Waals surface area contributed by atoms with Gasteiger partial charge < -0.3 is 9.73 Å². The van der Waals surface area contributed by atoms with Gasteiger partial charge in [-0.1, -0.05) is 20.8 Å². The van der Waals surface area contributed by atoms with E-state index in [4.69, 9.17) is 9.40 Å². The summed E-state index contributed by atoms with van der Waals surface area (Å²) in [5.41, 5.74) is 1.55. The highest BCUT2D eigenvalue weighted by molar-refractivity contribution is 7.15. The number of nitrogens with one attached hydrogen (secondary N) is 1. The molecule has 3 nitrogen and oxygen atoms in total. The molecule has 3 rings (SSSR count). The molecule has 0 bridgehead atoms. The smallest absolute Gasteiger partial charge is 0.162 e. The quantitative estimate of drug-likeness (QED) is 0.920. The molecular weight excluding hydrogens is 268 g/mol. The lowest BCUT2D eigenvalue weighted by Crippen LogP contribution is -2.30. The Morgan fingerprint density at radius 2 is 2.25 bits per heavy atom. The summed E-state index contributed by atoms with van der Waals surface area (Å²) in [6.07, 6.45) is 3.14. The van der Waals surface area contributed by atoms with Gasteiger partial charge in [-0.3, -0.25) is 0 Å². The van der Waals surface area contributed by atoms with Crippen molar-refractivity contribution in [3.8, 4) is 10.8 Å². The summed E-state index contributed by atoms with van der Waals surface area (Å²) >= 11 is 1.78. The van der Waals surface area contributed by atoms with Crippen molar-refractivity contribution in [2.75, 3.05) is 7.05 Å². The topological polar surface area (TPSA) is 38.1 Å². The van der Waals surface area contributed by atoms with E-state index in [1.165, 1.54) is 10.6 Å². The number of aromatic nitrogens is 1. The van der Waals surface area contributed by atoms with E-state index in [1.807, 2.05) is 13.1 Å². The summed E-state index contributed by atoms with van der Waals surface area (Å²) in [6.45, 7) is 6.75. The number of thiazole rings is 1. The Morgan fingerprint density at radius 3 is 2.90 bits per heavy atom. The molecule has 2 aromatic heterocycles. The third-order valence-corrected chi connectivity index (χ3v) is 5.24. The molecule has 4 heteroatoms. The molecule has 0 fully saturated rings. The Labute approximate surface area is 124 Å². The van der Waals surface area contributed by atoms with Gasteiger partial charge in [0.2, 0.25) is 0 Å². The Bertz CT molecular complexity index is 612. The van der Waals surface area contributed by atoms with Crippen LogP contribution in [0.4, 0.5) is 0 Å². The standard InChI is InChI=1S/C16H22N2OS/c1-5-10-6-7-13(19-10)15-18-12-9-16(2,3)8-11(17-4)14(12)20-15/h6-7,11,17H,5,8-9H2,1-4H3. The van der Waals surface area contributed by atoms with E-state index >= 15 is 0 Å². The minimum absolute atomic E-state index is 0.309. The fourth-order valence-corrected chi connectivity index (χ4v) is 4.11. The molecule has 0 saturated heterocycles. The summed E-state index contributed by atoms with van der Waals surface area (Å²) < 4.78 is 5.84. The molecule has 108 valence electrons. The van der Waals surface area contributed by atoms with E-state index in [9.17, 15) is 0 Å².